The highest BCUT2D eigenvalue weighted by Gasteiger charge is 2.13. The first kappa shape index (κ1) is 12.0. The van der Waals surface area contributed by atoms with Crippen molar-refractivity contribution in [1.82, 2.24) is 10.6 Å². The molecule has 2 nitrogen and oxygen atoms in total. The van der Waals surface area contributed by atoms with E-state index in [0.717, 1.165) is 23.1 Å². The Morgan fingerprint density at radius 3 is 3.12 bits per heavy atom. The zero-order valence-corrected chi connectivity index (χ0v) is 10.7. The molecule has 1 atom stereocenters. The topological polar surface area (TPSA) is 24.1 Å². The molecule has 0 amide bonds. The van der Waals surface area contributed by atoms with E-state index in [9.17, 15) is 4.39 Å². The minimum absolute atomic E-state index is 0.181. The summed E-state index contributed by atoms with van der Waals surface area (Å²) < 4.78 is 14.0. The van der Waals surface area contributed by atoms with Gasteiger partial charge in [0.25, 0.3) is 0 Å². The Labute approximate surface area is 104 Å². The molecule has 1 aliphatic rings. The maximum Gasteiger partial charge on any atom is 0.123 e. The fourth-order valence-electron chi connectivity index (χ4n) is 1.99. The molecule has 88 valence electrons. The molecule has 1 unspecified atom stereocenters. The Hall–Kier alpha value is -0.450. The Balaban J connectivity index is 1.82. The monoisotopic (exact) mass is 286 g/mol. The van der Waals surface area contributed by atoms with Gasteiger partial charge in [-0.25, -0.2) is 4.39 Å². The third kappa shape index (κ3) is 3.27. The second-order valence-electron chi connectivity index (χ2n) is 4.16. The van der Waals surface area contributed by atoms with Crippen LogP contribution in [0.15, 0.2) is 22.7 Å². The molecule has 0 radical (unpaired) electrons. The van der Waals surface area contributed by atoms with Gasteiger partial charge in [-0.05, 0) is 43.1 Å². The number of hydrogen-bond acceptors (Lipinski definition) is 2. The summed E-state index contributed by atoms with van der Waals surface area (Å²) in [5.74, 6) is -0.181. The van der Waals surface area contributed by atoms with Crippen LogP contribution < -0.4 is 10.6 Å². The molecule has 16 heavy (non-hydrogen) atoms. The lowest BCUT2D eigenvalue weighted by molar-refractivity contribution is 0.534. The van der Waals surface area contributed by atoms with Crippen molar-refractivity contribution in [3.8, 4) is 0 Å². The predicted octanol–water partition coefficient (Wildman–Crippen LogP) is 2.43. The molecule has 1 fully saturated rings. The first-order valence-electron chi connectivity index (χ1n) is 5.64. The zero-order valence-electron chi connectivity index (χ0n) is 9.10. The molecule has 1 saturated heterocycles. The first-order valence-corrected chi connectivity index (χ1v) is 6.43. The van der Waals surface area contributed by atoms with Gasteiger partial charge >= 0.3 is 0 Å². The van der Waals surface area contributed by atoms with Crippen molar-refractivity contribution in [2.45, 2.75) is 25.4 Å². The number of hydrogen-bond donors (Lipinski definition) is 2. The van der Waals surface area contributed by atoms with Crippen LogP contribution in [-0.4, -0.2) is 19.1 Å². The molecule has 1 aromatic carbocycles. The maximum absolute atomic E-state index is 13.0. The summed E-state index contributed by atoms with van der Waals surface area (Å²) in [5.41, 5.74) is 0.970. The highest BCUT2D eigenvalue weighted by molar-refractivity contribution is 9.10. The Morgan fingerprint density at radius 2 is 2.38 bits per heavy atom. The summed E-state index contributed by atoms with van der Waals surface area (Å²) >= 11 is 3.42. The van der Waals surface area contributed by atoms with Crippen LogP contribution in [0.25, 0.3) is 0 Å². The van der Waals surface area contributed by atoms with Crippen molar-refractivity contribution >= 4 is 15.9 Å². The molecule has 2 N–H and O–H groups in total. The Morgan fingerprint density at radius 1 is 1.50 bits per heavy atom. The van der Waals surface area contributed by atoms with Crippen molar-refractivity contribution < 1.29 is 4.39 Å². The van der Waals surface area contributed by atoms with E-state index in [-0.39, 0.29) is 5.82 Å². The lowest BCUT2D eigenvalue weighted by Gasteiger charge is -2.12. The molecule has 1 aromatic rings. The highest BCUT2D eigenvalue weighted by Crippen LogP contribution is 2.17. The molecule has 2 rings (SSSR count). The first-order chi connectivity index (χ1) is 7.75. The van der Waals surface area contributed by atoms with E-state index < -0.39 is 0 Å². The average Bonchev–Trinajstić information content (AvgIpc) is 2.76. The molecule has 0 bridgehead atoms. The van der Waals surface area contributed by atoms with Crippen LogP contribution in [-0.2, 0) is 6.54 Å². The number of benzene rings is 1. The van der Waals surface area contributed by atoms with Crippen molar-refractivity contribution in [1.29, 1.82) is 0 Å². The van der Waals surface area contributed by atoms with E-state index in [4.69, 9.17) is 0 Å². The third-order valence-electron chi connectivity index (χ3n) is 2.88. The summed E-state index contributed by atoms with van der Waals surface area (Å²) in [4.78, 5) is 0. The quantitative estimate of drug-likeness (QED) is 0.888. The molecular weight excluding hydrogens is 271 g/mol. The van der Waals surface area contributed by atoms with Crippen LogP contribution in [0.3, 0.4) is 0 Å². The highest BCUT2D eigenvalue weighted by atomic mass is 79.9. The minimum atomic E-state index is -0.181. The van der Waals surface area contributed by atoms with E-state index in [2.05, 4.69) is 26.6 Å². The van der Waals surface area contributed by atoms with Crippen LogP contribution in [0, 0.1) is 5.82 Å². The van der Waals surface area contributed by atoms with Gasteiger partial charge in [-0.2, -0.15) is 0 Å². The van der Waals surface area contributed by atoms with Crippen LogP contribution in [0.5, 0.6) is 0 Å². The van der Waals surface area contributed by atoms with Gasteiger partial charge < -0.3 is 10.6 Å². The van der Waals surface area contributed by atoms with Crippen LogP contribution in [0.2, 0.25) is 0 Å². The zero-order chi connectivity index (χ0) is 11.4. The van der Waals surface area contributed by atoms with E-state index >= 15 is 0 Å². The SMILES string of the molecule is Fc1ccc(Br)c(CNCC2CCCN2)c1. The lowest BCUT2D eigenvalue weighted by Crippen LogP contribution is -2.33. The van der Waals surface area contributed by atoms with E-state index in [0.29, 0.717) is 12.6 Å². The van der Waals surface area contributed by atoms with Crippen molar-refractivity contribution in [3.63, 3.8) is 0 Å². The summed E-state index contributed by atoms with van der Waals surface area (Å²) in [7, 11) is 0. The fourth-order valence-corrected chi connectivity index (χ4v) is 2.38. The number of rotatable bonds is 4. The van der Waals surface area contributed by atoms with E-state index in [1.54, 1.807) is 12.1 Å². The van der Waals surface area contributed by atoms with Crippen LogP contribution >= 0.6 is 15.9 Å². The average molecular weight is 287 g/mol. The van der Waals surface area contributed by atoms with Crippen molar-refractivity contribution in [2.24, 2.45) is 0 Å². The number of nitrogens with one attached hydrogen (secondary N) is 2. The molecule has 4 heteroatoms. The molecule has 1 aliphatic heterocycles. The van der Waals surface area contributed by atoms with Gasteiger partial charge in [0.2, 0.25) is 0 Å². The third-order valence-corrected chi connectivity index (χ3v) is 3.65. The fraction of sp³-hybridized carbons (Fsp3) is 0.500. The van der Waals surface area contributed by atoms with Crippen molar-refractivity contribution in [3.05, 3.63) is 34.1 Å². The van der Waals surface area contributed by atoms with Gasteiger partial charge in [-0.3, -0.25) is 0 Å². The summed E-state index contributed by atoms with van der Waals surface area (Å²) in [6.45, 7) is 2.77. The minimum Gasteiger partial charge on any atom is -0.313 e. The van der Waals surface area contributed by atoms with Gasteiger partial charge in [-0.1, -0.05) is 15.9 Å². The normalized spacial score (nSPS) is 20.2. The van der Waals surface area contributed by atoms with Crippen LogP contribution in [0.4, 0.5) is 4.39 Å². The van der Waals surface area contributed by atoms with Crippen molar-refractivity contribution in [2.75, 3.05) is 13.1 Å². The van der Waals surface area contributed by atoms with E-state index in [1.807, 2.05) is 0 Å². The van der Waals surface area contributed by atoms with Gasteiger partial charge in [0, 0.05) is 23.6 Å². The molecular formula is C12H16BrFN2. The molecule has 1 heterocycles. The molecule has 0 spiro atoms. The second kappa shape index (κ2) is 5.75. The summed E-state index contributed by atoms with van der Waals surface area (Å²) in [5, 5.41) is 6.77. The van der Waals surface area contributed by atoms with Crippen LogP contribution in [0.1, 0.15) is 18.4 Å². The summed E-state index contributed by atoms with van der Waals surface area (Å²) in [6.07, 6.45) is 2.49. The number of halogens is 2. The predicted molar refractivity (Wildman–Crippen MR) is 66.8 cm³/mol. The van der Waals surface area contributed by atoms with Gasteiger partial charge in [-0.15, -0.1) is 0 Å². The smallest absolute Gasteiger partial charge is 0.123 e. The largest absolute Gasteiger partial charge is 0.313 e. The molecule has 0 aromatic heterocycles. The second-order valence-corrected chi connectivity index (χ2v) is 5.01. The van der Waals surface area contributed by atoms with Gasteiger partial charge in [0.15, 0.2) is 0 Å². The van der Waals surface area contributed by atoms with Gasteiger partial charge in [0.05, 0.1) is 0 Å². The molecule has 0 saturated carbocycles. The molecule has 0 aliphatic carbocycles. The Kier molecular flexibility index (Phi) is 4.32. The summed E-state index contributed by atoms with van der Waals surface area (Å²) in [6, 6.07) is 5.36. The lowest BCUT2D eigenvalue weighted by atomic mass is 10.2. The standard InChI is InChI=1S/C12H16BrFN2/c13-12-4-3-10(14)6-9(12)7-15-8-11-2-1-5-16-11/h3-4,6,11,15-16H,1-2,5,7-8H2. The van der Waals surface area contributed by atoms with E-state index in [1.165, 1.54) is 18.9 Å². The van der Waals surface area contributed by atoms with Gasteiger partial charge in [0.1, 0.15) is 5.82 Å². The Bertz CT molecular complexity index is 351. The maximum atomic E-state index is 13.0.